The fourth-order valence-electron chi connectivity index (χ4n) is 1.48. The topological polar surface area (TPSA) is 104 Å². The Morgan fingerprint density at radius 2 is 1.95 bits per heavy atom. The Bertz CT molecular complexity index is 688. The predicted octanol–water partition coefficient (Wildman–Crippen LogP) is 1.97. The van der Waals surface area contributed by atoms with E-state index in [1.54, 1.807) is 0 Å². The summed E-state index contributed by atoms with van der Waals surface area (Å²) in [5.41, 5.74) is 8.71. The molecule has 0 saturated carbocycles. The summed E-state index contributed by atoms with van der Waals surface area (Å²) in [7, 11) is 0. The number of aromatic nitrogens is 2. The molecule has 0 unspecified atom stereocenters. The van der Waals surface area contributed by atoms with Crippen LogP contribution >= 0.6 is 0 Å². The molecule has 1 amide bonds. The Morgan fingerprint density at radius 3 is 2.57 bits per heavy atom. The molecule has 0 aliphatic heterocycles. The number of nitrogens with two attached hydrogens (primary N) is 2. The minimum Gasteiger partial charge on any atom is -0.424 e. The van der Waals surface area contributed by atoms with Crippen molar-refractivity contribution in [2.75, 3.05) is 5.73 Å². The van der Waals surface area contributed by atoms with E-state index in [0.29, 0.717) is 0 Å². The summed E-state index contributed by atoms with van der Waals surface area (Å²) in [6.07, 6.45) is -3.41. The van der Waals surface area contributed by atoms with E-state index in [9.17, 15) is 18.0 Å². The summed E-state index contributed by atoms with van der Waals surface area (Å²) in [4.78, 5) is 18.3. The van der Waals surface area contributed by atoms with Crippen LogP contribution < -0.4 is 16.2 Å². The van der Waals surface area contributed by atoms with Crippen LogP contribution in [0.1, 0.15) is 16.1 Å². The number of carbonyl (C=O) groups is 1. The first-order valence-corrected chi connectivity index (χ1v) is 5.55. The highest BCUT2D eigenvalue weighted by Crippen LogP contribution is 2.36. The Labute approximate surface area is 116 Å². The van der Waals surface area contributed by atoms with Gasteiger partial charge < -0.3 is 16.2 Å². The first-order chi connectivity index (χ1) is 9.77. The molecule has 1 heterocycles. The molecule has 21 heavy (non-hydrogen) atoms. The molecule has 1 aromatic carbocycles. The maximum Gasteiger partial charge on any atom is 0.418 e. The molecule has 1 aromatic heterocycles. The van der Waals surface area contributed by atoms with Crippen molar-refractivity contribution in [1.29, 1.82) is 0 Å². The Hall–Kier alpha value is -2.84. The van der Waals surface area contributed by atoms with Crippen molar-refractivity contribution >= 4 is 11.6 Å². The molecule has 0 fully saturated rings. The van der Waals surface area contributed by atoms with E-state index in [0.717, 1.165) is 12.1 Å². The average Bonchev–Trinajstić information content (AvgIpc) is 2.40. The summed E-state index contributed by atoms with van der Waals surface area (Å²) < 4.78 is 43.2. The van der Waals surface area contributed by atoms with Crippen LogP contribution in [-0.4, -0.2) is 15.9 Å². The number of carbonyl (C=O) groups excluding carboxylic acids is 1. The van der Waals surface area contributed by atoms with E-state index in [1.807, 2.05) is 0 Å². The fourth-order valence-corrected chi connectivity index (χ4v) is 1.48. The molecule has 0 saturated heterocycles. The van der Waals surface area contributed by atoms with Gasteiger partial charge in [0.1, 0.15) is 11.4 Å². The second kappa shape index (κ2) is 5.27. The Morgan fingerprint density at radius 1 is 1.24 bits per heavy atom. The Kier molecular flexibility index (Phi) is 3.66. The number of rotatable bonds is 3. The molecule has 0 bridgehead atoms. The second-order valence-corrected chi connectivity index (χ2v) is 3.94. The van der Waals surface area contributed by atoms with Crippen LogP contribution in [0.25, 0.3) is 0 Å². The van der Waals surface area contributed by atoms with Gasteiger partial charge in [0.05, 0.1) is 5.56 Å². The number of primary amides is 1. The number of nitrogen functional groups attached to an aromatic ring is 1. The van der Waals surface area contributed by atoms with E-state index in [1.165, 1.54) is 18.3 Å². The maximum atomic E-state index is 12.7. The van der Waals surface area contributed by atoms with Gasteiger partial charge in [0.25, 0.3) is 5.91 Å². The molecule has 0 aliphatic rings. The molecule has 0 atom stereocenters. The van der Waals surface area contributed by atoms with Crippen LogP contribution in [0.5, 0.6) is 11.8 Å². The van der Waals surface area contributed by atoms with E-state index in [2.05, 4.69) is 9.97 Å². The van der Waals surface area contributed by atoms with Gasteiger partial charge in [0.2, 0.25) is 0 Å². The third kappa shape index (κ3) is 3.38. The number of hydrogen-bond acceptors (Lipinski definition) is 5. The van der Waals surface area contributed by atoms with Gasteiger partial charge in [-0.05, 0) is 24.3 Å². The minimum atomic E-state index is -4.61. The summed E-state index contributed by atoms with van der Waals surface area (Å²) in [6.45, 7) is 0. The first kappa shape index (κ1) is 14.6. The van der Waals surface area contributed by atoms with Crippen molar-refractivity contribution in [3.05, 3.63) is 41.7 Å². The highest BCUT2D eigenvalue weighted by Gasteiger charge is 2.33. The zero-order valence-electron chi connectivity index (χ0n) is 10.4. The normalized spacial score (nSPS) is 11.2. The van der Waals surface area contributed by atoms with Crippen LogP contribution in [0.15, 0.2) is 30.5 Å². The van der Waals surface area contributed by atoms with Crippen molar-refractivity contribution in [2.24, 2.45) is 5.73 Å². The largest absolute Gasteiger partial charge is 0.424 e. The van der Waals surface area contributed by atoms with Gasteiger partial charge in [0.15, 0.2) is 0 Å². The predicted molar refractivity (Wildman–Crippen MR) is 66.5 cm³/mol. The molecule has 6 nitrogen and oxygen atoms in total. The van der Waals surface area contributed by atoms with Gasteiger partial charge in [-0.15, -0.1) is 0 Å². The van der Waals surface area contributed by atoms with Crippen LogP contribution in [0, 0.1) is 0 Å². The minimum absolute atomic E-state index is 0.119. The summed E-state index contributed by atoms with van der Waals surface area (Å²) in [6, 6.07) is 3.94. The number of alkyl halides is 3. The number of nitrogens with zero attached hydrogens (tertiary/aromatic N) is 2. The monoisotopic (exact) mass is 298 g/mol. The lowest BCUT2D eigenvalue weighted by Gasteiger charge is -2.11. The molecular formula is C12H9F3N4O2. The number of anilines is 1. The highest BCUT2D eigenvalue weighted by molar-refractivity contribution is 5.90. The molecule has 2 rings (SSSR count). The van der Waals surface area contributed by atoms with E-state index in [4.69, 9.17) is 16.2 Å². The summed E-state index contributed by atoms with van der Waals surface area (Å²) in [5.74, 6) is -0.978. The van der Waals surface area contributed by atoms with Crippen LogP contribution in [0.2, 0.25) is 0 Å². The van der Waals surface area contributed by atoms with Gasteiger partial charge in [-0.25, -0.2) is 4.98 Å². The summed E-state index contributed by atoms with van der Waals surface area (Å²) >= 11 is 0. The highest BCUT2D eigenvalue weighted by atomic mass is 19.4. The zero-order valence-corrected chi connectivity index (χ0v) is 10.4. The van der Waals surface area contributed by atoms with Crippen molar-refractivity contribution in [1.82, 2.24) is 9.97 Å². The van der Waals surface area contributed by atoms with E-state index >= 15 is 0 Å². The van der Waals surface area contributed by atoms with Gasteiger partial charge in [-0.1, -0.05) is 0 Å². The number of amides is 1. The smallest absolute Gasteiger partial charge is 0.418 e. The molecule has 110 valence electrons. The molecule has 9 heteroatoms. The van der Waals surface area contributed by atoms with Gasteiger partial charge in [0, 0.05) is 11.9 Å². The molecule has 0 radical (unpaired) electrons. The molecular weight excluding hydrogens is 289 g/mol. The Balaban J connectivity index is 2.32. The third-order valence-electron chi connectivity index (χ3n) is 2.43. The quantitative estimate of drug-likeness (QED) is 0.843. The van der Waals surface area contributed by atoms with Crippen molar-refractivity contribution < 1.29 is 22.7 Å². The van der Waals surface area contributed by atoms with E-state index in [-0.39, 0.29) is 17.5 Å². The molecule has 2 aromatic rings. The standard InChI is InChI=1S/C12H9F3N4O2/c13-12(14,15)7-5-6(1-2-8(7)16)21-11-18-4-3-9(19-11)10(17)20/h1-5H,16H2,(H2,17,20). The van der Waals surface area contributed by atoms with Crippen LogP contribution in [0.3, 0.4) is 0 Å². The lowest BCUT2D eigenvalue weighted by atomic mass is 10.1. The van der Waals surface area contributed by atoms with E-state index < -0.39 is 23.3 Å². The number of hydrogen-bond donors (Lipinski definition) is 2. The van der Waals surface area contributed by atoms with Gasteiger partial charge >= 0.3 is 12.2 Å². The van der Waals surface area contributed by atoms with Gasteiger partial charge in [-0.3, -0.25) is 4.79 Å². The lowest BCUT2D eigenvalue weighted by Crippen LogP contribution is -2.13. The van der Waals surface area contributed by atoms with Crippen molar-refractivity contribution in [2.45, 2.75) is 6.18 Å². The lowest BCUT2D eigenvalue weighted by molar-refractivity contribution is -0.137. The average molecular weight is 298 g/mol. The fraction of sp³-hybridized carbons (Fsp3) is 0.0833. The van der Waals surface area contributed by atoms with Crippen molar-refractivity contribution in [3.63, 3.8) is 0 Å². The third-order valence-corrected chi connectivity index (χ3v) is 2.43. The molecule has 4 N–H and O–H groups in total. The molecule has 0 spiro atoms. The number of halogens is 3. The number of ether oxygens (including phenoxy) is 1. The number of benzene rings is 1. The SMILES string of the molecule is NC(=O)c1ccnc(Oc2ccc(N)c(C(F)(F)F)c2)n1. The summed E-state index contributed by atoms with van der Waals surface area (Å²) in [5, 5.41) is 0. The first-order valence-electron chi connectivity index (χ1n) is 5.55. The maximum absolute atomic E-state index is 12.7. The van der Waals surface area contributed by atoms with Crippen LogP contribution in [-0.2, 0) is 6.18 Å². The van der Waals surface area contributed by atoms with Crippen LogP contribution in [0.4, 0.5) is 18.9 Å². The molecule has 0 aliphatic carbocycles. The zero-order chi connectivity index (χ0) is 15.6. The van der Waals surface area contributed by atoms with Crippen molar-refractivity contribution in [3.8, 4) is 11.8 Å². The van der Waals surface area contributed by atoms with Gasteiger partial charge in [-0.2, -0.15) is 18.2 Å². The second-order valence-electron chi connectivity index (χ2n) is 3.94.